The third-order valence-corrected chi connectivity index (χ3v) is 5.57. The molecule has 0 saturated carbocycles. The molecule has 0 radical (unpaired) electrons. The molecule has 33 heavy (non-hydrogen) atoms. The van der Waals surface area contributed by atoms with E-state index in [-0.39, 0.29) is 19.5 Å². The molecule has 2 rings (SSSR count). The van der Waals surface area contributed by atoms with E-state index in [1.54, 1.807) is 37.3 Å². The van der Waals surface area contributed by atoms with Crippen LogP contribution < -0.4 is 11.1 Å². The Morgan fingerprint density at radius 3 is 2.45 bits per heavy atom. The second-order valence-electron chi connectivity index (χ2n) is 8.39. The van der Waals surface area contributed by atoms with Crippen molar-refractivity contribution in [2.45, 2.75) is 57.4 Å². The Labute approximate surface area is 191 Å². The number of amides is 3. The van der Waals surface area contributed by atoms with E-state index in [4.69, 9.17) is 5.73 Å². The van der Waals surface area contributed by atoms with Crippen LogP contribution in [0.3, 0.4) is 0 Å². The standard InChI is InChI=1S/C23H31F3N4O3/c1-15(2)19(28-20(31)16(3)27)21(32)30-12-7-10-18(30)14-29(22(33)23(24,25)26)13-11-17-8-5-4-6-9-17/h4-6,8-9,16,18-19H,1,7,10-14,27H2,2-3H3,(H,28,31)/t16-,18-,19-/m0/s1. The minimum atomic E-state index is -5.02. The predicted octanol–water partition coefficient (Wildman–Crippen LogP) is 2.02. The van der Waals surface area contributed by atoms with Gasteiger partial charge in [0.15, 0.2) is 0 Å². The molecule has 0 spiro atoms. The summed E-state index contributed by atoms with van der Waals surface area (Å²) in [5, 5.41) is 2.54. The maximum absolute atomic E-state index is 13.3. The SMILES string of the molecule is C=C(C)[C@H](NC(=O)[C@H](C)N)C(=O)N1CCC[C@H]1CN(CCc1ccccc1)C(=O)C(F)(F)F. The zero-order chi connectivity index (χ0) is 24.8. The van der Waals surface area contributed by atoms with Crippen LogP contribution in [0.2, 0.25) is 0 Å². The molecule has 10 heteroatoms. The quantitative estimate of drug-likeness (QED) is 0.542. The number of halogens is 3. The van der Waals surface area contributed by atoms with Gasteiger partial charge in [-0.15, -0.1) is 0 Å². The molecule has 7 nitrogen and oxygen atoms in total. The molecule has 1 saturated heterocycles. The molecule has 1 aliphatic heterocycles. The van der Waals surface area contributed by atoms with Gasteiger partial charge in [0.1, 0.15) is 6.04 Å². The van der Waals surface area contributed by atoms with Gasteiger partial charge in [-0.1, -0.05) is 36.9 Å². The molecule has 3 atom stereocenters. The molecule has 0 aromatic heterocycles. The number of carbonyl (C=O) groups excluding carboxylic acids is 3. The van der Waals surface area contributed by atoms with Crippen LogP contribution >= 0.6 is 0 Å². The van der Waals surface area contributed by atoms with Crippen LogP contribution in [0, 0.1) is 0 Å². The van der Waals surface area contributed by atoms with Gasteiger partial charge in [-0.05, 0) is 44.2 Å². The average molecular weight is 469 g/mol. The van der Waals surface area contributed by atoms with Gasteiger partial charge in [-0.25, -0.2) is 0 Å². The molecule has 1 aromatic carbocycles. The lowest BCUT2D eigenvalue weighted by atomic mass is 10.1. The molecule has 0 unspecified atom stereocenters. The number of rotatable bonds is 9. The van der Waals surface area contributed by atoms with Gasteiger partial charge in [0.2, 0.25) is 11.8 Å². The number of hydrogen-bond donors (Lipinski definition) is 2. The lowest BCUT2D eigenvalue weighted by molar-refractivity contribution is -0.186. The van der Waals surface area contributed by atoms with Crippen LogP contribution in [0.15, 0.2) is 42.5 Å². The Balaban J connectivity index is 2.18. The van der Waals surface area contributed by atoms with Crippen LogP contribution in [-0.4, -0.2) is 71.5 Å². The van der Waals surface area contributed by atoms with Crippen LogP contribution in [0.4, 0.5) is 13.2 Å². The summed E-state index contributed by atoms with van der Waals surface area (Å²) in [5.41, 5.74) is 6.75. The van der Waals surface area contributed by atoms with Crippen molar-refractivity contribution in [3.05, 3.63) is 48.0 Å². The Hall–Kier alpha value is -2.88. The fraction of sp³-hybridized carbons (Fsp3) is 0.522. The normalized spacial score (nSPS) is 17.9. The van der Waals surface area contributed by atoms with E-state index in [9.17, 15) is 27.6 Å². The molecule has 0 aliphatic carbocycles. The summed E-state index contributed by atoms with van der Waals surface area (Å²) >= 11 is 0. The summed E-state index contributed by atoms with van der Waals surface area (Å²) in [6.45, 7) is 6.74. The van der Waals surface area contributed by atoms with Crippen molar-refractivity contribution in [3.63, 3.8) is 0 Å². The zero-order valence-corrected chi connectivity index (χ0v) is 18.9. The number of benzene rings is 1. The van der Waals surface area contributed by atoms with Crippen LogP contribution in [-0.2, 0) is 20.8 Å². The van der Waals surface area contributed by atoms with E-state index < -0.39 is 42.0 Å². The number of likely N-dealkylation sites (tertiary alicyclic amines) is 1. The summed E-state index contributed by atoms with van der Waals surface area (Å²) in [6, 6.07) is 6.42. The second-order valence-corrected chi connectivity index (χ2v) is 8.39. The Morgan fingerprint density at radius 2 is 1.91 bits per heavy atom. The predicted molar refractivity (Wildman–Crippen MR) is 118 cm³/mol. The first-order valence-electron chi connectivity index (χ1n) is 10.8. The third kappa shape index (κ3) is 7.31. The number of alkyl halides is 3. The highest BCUT2D eigenvalue weighted by molar-refractivity contribution is 5.92. The minimum Gasteiger partial charge on any atom is -0.339 e. The maximum Gasteiger partial charge on any atom is 0.471 e. The van der Waals surface area contributed by atoms with Crippen LogP contribution in [0.5, 0.6) is 0 Å². The zero-order valence-electron chi connectivity index (χ0n) is 18.9. The summed E-state index contributed by atoms with van der Waals surface area (Å²) in [5.74, 6) is -2.94. The van der Waals surface area contributed by atoms with E-state index in [1.807, 2.05) is 0 Å². The van der Waals surface area contributed by atoms with Crippen molar-refractivity contribution < 1.29 is 27.6 Å². The van der Waals surface area contributed by atoms with Crippen LogP contribution in [0.25, 0.3) is 0 Å². The number of hydrogen-bond acceptors (Lipinski definition) is 4. The molecule has 1 fully saturated rings. The van der Waals surface area contributed by atoms with E-state index in [2.05, 4.69) is 11.9 Å². The molecule has 1 aromatic rings. The molecule has 1 aliphatic rings. The smallest absolute Gasteiger partial charge is 0.339 e. The van der Waals surface area contributed by atoms with Gasteiger partial charge >= 0.3 is 12.1 Å². The van der Waals surface area contributed by atoms with E-state index in [0.717, 1.165) is 10.5 Å². The third-order valence-electron chi connectivity index (χ3n) is 5.57. The first kappa shape index (κ1) is 26.4. The fourth-order valence-corrected chi connectivity index (χ4v) is 3.77. The highest BCUT2D eigenvalue weighted by Crippen LogP contribution is 2.24. The van der Waals surface area contributed by atoms with Crippen molar-refractivity contribution in [3.8, 4) is 0 Å². The summed E-state index contributed by atoms with van der Waals surface area (Å²) in [7, 11) is 0. The minimum absolute atomic E-state index is 0.133. The highest BCUT2D eigenvalue weighted by Gasteiger charge is 2.44. The van der Waals surface area contributed by atoms with E-state index >= 15 is 0 Å². The van der Waals surface area contributed by atoms with E-state index in [0.29, 0.717) is 25.0 Å². The molecule has 1 heterocycles. The van der Waals surface area contributed by atoms with Gasteiger partial charge in [-0.2, -0.15) is 13.2 Å². The van der Waals surface area contributed by atoms with Crippen molar-refractivity contribution >= 4 is 17.7 Å². The molecular weight excluding hydrogens is 437 g/mol. The van der Waals surface area contributed by atoms with Crippen molar-refractivity contribution in [1.29, 1.82) is 0 Å². The first-order valence-corrected chi connectivity index (χ1v) is 10.8. The Bertz CT molecular complexity index is 858. The van der Waals surface area contributed by atoms with Gasteiger partial charge < -0.3 is 20.9 Å². The Kier molecular flexibility index (Phi) is 9.04. The molecule has 182 valence electrons. The number of nitrogens with one attached hydrogen (secondary N) is 1. The summed E-state index contributed by atoms with van der Waals surface area (Å²) < 4.78 is 39.8. The van der Waals surface area contributed by atoms with Crippen LogP contribution in [0.1, 0.15) is 32.3 Å². The van der Waals surface area contributed by atoms with Gasteiger partial charge in [0.05, 0.1) is 6.04 Å². The second kappa shape index (κ2) is 11.3. The fourth-order valence-electron chi connectivity index (χ4n) is 3.77. The number of nitrogens with two attached hydrogens (primary N) is 1. The number of carbonyl (C=O) groups is 3. The van der Waals surface area contributed by atoms with Crippen molar-refractivity contribution in [1.82, 2.24) is 15.1 Å². The van der Waals surface area contributed by atoms with Gasteiger partial charge in [-0.3, -0.25) is 14.4 Å². The van der Waals surface area contributed by atoms with Crippen molar-refractivity contribution in [2.75, 3.05) is 19.6 Å². The monoisotopic (exact) mass is 468 g/mol. The molecule has 3 amide bonds. The molecule has 3 N–H and O–H groups in total. The Morgan fingerprint density at radius 1 is 1.27 bits per heavy atom. The average Bonchev–Trinajstić information content (AvgIpc) is 3.21. The lowest BCUT2D eigenvalue weighted by Crippen LogP contribution is -2.55. The van der Waals surface area contributed by atoms with Crippen molar-refractivity contribution in [2.24, 2.45) is 5.73 Å². The topological polar surface area (TPSA) is 95.7 Å². The highest BCUT2D eigenvalue weighted by atomic mass is 19.4. The number of nitrogens with zero attached hydrogens (tertiary/aromatic N) is 2. The lowest BCUT2D eigenvalue weighted by Gasteiger charge is -2.33. The van der Waals surface area contributed by atoms with Gasteiger partial charge in [0.25, 0.3) is 0 Å². The summed E-state index contributed by atoms with van der Waals surface area (Å²) in [6.07, 6.45) is -3.74. The first-order chi connectivity index (χ1) is 15.4. The summed E-state index contributed by atoms with van der Waals surface area (Å²) in [4.78, 5) is 39.5. The maximum atomic E-state index is 13.3. The van der Waals surface area contributed by atoms with E-state index in [1.165, 1.54) is 11.8 Å². The molecule has 0 bridgehead atoms. The largest absolute Gasteiger partial charge is 0.471 e. The van der Waals surface area contributed by atoms with Gasteiger partial charge in [0, 0.05) is 25.7 Å². The molecular formula is C23H31F3N4O3.